The van der Waals surface area contributed by atoms with Crippen LogP contribution in [0.2, 0.25) is 0 Å². The van der Waals surface area contributed by atoms with Crippen LogP contribution in [0.5, 0.6) is 0 Å². The largest absolute Gasteiger partial charge is 0.381 e. The summed E-state index contributed by atoms with van der Waals surface area (Å²) in [4.78, 5) is 22.6. The minimum atomic E-state index is -2.81. The molecular weight excluding hydrogens is 540 g/mol. The number of nitrogens with zero attached hydrogens (tertiary/aromatic N) is 7. The van der Waals surface area contributed by atoms with Crippen LogP contribution in [0, 0.1) is 0 Å². The number of morpholine rings is 1. The molecule has 2 aliphatic rings. The Morgan fingerprint density at radius 3 is 2.45 bits per heavy atom. The van der Waals surface area contributed by atoms with Crippen LogP contribution in [0.4, 0.5) is 26.4 Å². The molecule has 2 aromatic carbocycles. The fraction of sp³-hybridized carbons (Fsp3) is 0.467. The van der Waals surface area contributed by atoms with Crippen LogP contribution in [0.15, 0.2) is 48.5 Å². The molecule has 2 aliphatic heterocycles. The molecule has 4 heterocycles. The number of imidazole rings is 1. The van der Waals surface area contributed by atoms with Gasteiger partial charge in [0.15, 0.2) is 5.82 Å². The molecule has 6 rings (SSSR count). The number of likely N-dealkylation sites (N-methyl/N-ethyl adjacent to an activating group) is 1. The number of rotatable bonds is 9. The Labute approximate surface area is 244 Å². The standard InChI is InChI=1S/C30H37F2N9O/c1-30(2,18-20-8-4-5-9-22(20)33-21-12-13-39(3)19-21)38-27-35-28(40-14-16-42-17-15-40)37-29(36-27)41-24-11-7-6-10-23(24)34-26(41)25(31)32/h4-11,21,25,33H,12-19H2,1-3H3,(H,35,36,37,38). The van der Waals surface area contributed by atoms with Gasteiger partial charge in [-0.25, -0.2) is 13.8 Å². The van der Waals surface area contributed by atoms with Gasteiger partial charge >= 0.3 is 0 Å². The van der Waals surface area contributed by atoms with Gasteiger partial charge in [-0.05, 0) is 64.0 Å². The van der Waals surface area contributed by atoms with Gasteiger partial charge in [0.05, 0.1) is 24.2 Å². The topological polar surface area (TPSA) is 96.3 Å². The van der Waals surface area contributed by atoms with E-state index in [1.165, 1.54) is 10.1 Å². The maximum atomic E-state index is 14.2. The minimum absolute atomic E-state index is 0.0983. The molecule has 0 saturated carbocycles. The van der Waals surface area contributed by atoms with E-state index in [0.29, 0.717) is 61.7 Å². The van der Waals surface area contributed by atoms with E-state index in [9.17, 15) is 8.78 Å². The molecule has 0 aliphatic carbocycles. The van der Waals surface area contributed by atoms with E-state index >= 15 is 0 Å². The Morgan fingerprint density at radius 1 is 0.952 bits per heavy atom. The summed E-state index contributed by atoms with van der Waals surface area (Å²) >= 11 is 0. The number of para-hydroxylation sites is 3. The monoisotopic (exact) mass is 577 g/mol. The number of aromatic nitrogens is 5. The van der Waals surface area contributed by atoms with Crippen LogP contribution in [0.25, 0.3) is 17.0 Å². The van der Waals surface area contributed by atoms with E-state index in [4.69, 9.17) is 9.72 Å². The van der Waals surface area contributed by atoms with Crippen LogP contribution < -0.4 is 15.5 Å². The van der Waals surface area contributed by atoms with Crippen molar-refractivity contribution in [2.45, 2.75) is 44.7 Å². The van der Waals surface area contributed by atoms with Gasteiger partial charge in [-0.3, -0.25) is 4.57 Å². The predicted molar refractivity (Wildman–Crippen MR) is 160 cm³/mol. The first kappa shape index (κ1) is 28.2. The fourth-order valence-corrected chi connectivity index (χ4v) is 5.73. The zero-order valence-electron chi connectivity index (χ0n) is 24.2. The lowest BCUT2D eigenvalue weighted by atomic mass is 9.93. The zero-order valence-corrected chi connectivity index (χ0v) is 24.2. The molecule has 4 aromatic rings. The second kappa shape index (κ2) is 11.8. The Morgan fingerprint density at radius 2 is 1.69 bits per heavy atom. The molecule has 2 N–H and O–H groups in total. The molecule has 12 heteroatoms. The van der Waals surface area contributed by atoms with Gasteiger partial charge in [-0.2, -0.15) is 15.0 Å². The van der Waals surface area contributed by atoms with Gasteiger partial charge in [0, 0.05) is 36.9 Å². The van der Waals surface area contributed by atoms with Crippen LogP contribution in [0.3, 0.4) is 0 Å². The summed E-state index contributed by atoms with van der Waals surface area (Å²) in [6.07, 6.45) is -1.02. The average Bonchev–Trinajstić information content (AvgIpc) is 3.57. The number of ether oxygens (including phenoxy) is 1. The predicted octanol–water partition coefficient (Wildman–Crippen LogP) is 4.53. The first-order valence-corrected chi connectivity index (χ1v) is 14.4. The van der Waals surface area contributed by atoms with Gasteiger partial charge in [-0.1, -0.05) is 30.3 Å². The second-order valence-corrected chi connectivity index (χ2v) is 11.7. The van der Waals surface area contributed by atoms with Crippen LogP contribution in [-0.2, 0) is 11.2 Å². The van der Waals surface area contributed by atoms with Crippen molar-refractivity contribution in [3.05, 3.63) is 59.9 Å². The molecule has 0 spiro atoms. The second-order valence-electron chi connectivity index (χ2n) is 11.7. The van der Waals surface area contributed by atoms with Crippen molar-refractivity contribution in [1.29, 1.82) is 0 Å². The summed E-state index contributed by atoms with van der Waals surface area (Å²) in [5.74, 6) is 0.415. The molecule has 222 valence electrons. The Hall–Kier alpha value is -3.90. The van der Waals surface area contributed by atoms with Gasteiger partial charge in [-0.15, -0.1) is 0 Å². The van der Waals surface area contributed by atoms with E-state index in [1.54, 1.807) is 24.3 Å². The van der Waals surface area contributed by atoms with Crippen molar-refractivity contribution in [2.24, 2.45) is 0 Å². The number of hydrogen-bond acceptors (Lipinski definition) is 9. The molecule has 2 aromatic heterocycles. The van der Waals surface area contributed by atoms with Crippen LogP contribution >= 0.6 is 0 Å². The van der Waals surface area contributed by atoms with E-state index in [2.05, 4.69) is 63.5 Å². The molecule has 10 nitrogen and oxygen atoms in total. The highest BCUT2D eigenvalue weighted by Crippen LogP contribution is 2.29. The van der Waals surface area contributed by atoms with E-state index in [0.717, 1.165) is 25.2 Å². The number of fused-ring (bicyclic) bond motifs is 1. The lowest BCUT2D eigenvalue weighted by molar-refractivity contribution is 0.122. The summed E-state index contributed by atoms with van der Waals surface area (Å²) in [6.45, 7) is 8.52. The van der Waals surface area contributed by atoms with Crippen LogP contribution in [0.1, 0.15) is 38.1 Å². The third-order valence-corrected chi connectivity index (χ3v) is 7.74. The summed E-state index contributed by atoms with van der Waals surface area (Å²) < 4.78 is 35.3. The van der Waals surface area contributed by atoms with E-state index in [-0.39, 0.29) is 5.95 Å². The van der Waals surface area contributed by atoms with E-state index < -0.39 is 17.8 Å². The summed E-state index contributed by atoms with van der Waals surface area (Å²) in [5, 5.41) is 7.23. The number of hydrogen-bond donors (Lipinski definition) is 2. The number of likely N-dealkylation sites (tertiary alicyclic amines) is 1. The number of halogens is 2. The fourth-order valence-electron chi connectivity index (χ4n) is 5.73. The summed E-state index contributed by atoms with van der Waals surface area (Å²) in [6, 6.07) is 15.8. The molecule has 42 heavy (non-hydrogen) atoms. The smallest absolute Gasteiger partial charge is 0.296 e. The quantitative estimate of drug-likeness (QED) is 0.297. The number of alkyl halides is 2. The first-order chi connectivity index (χ1) is 20.3. The lowest BCUT2D eigenvalue weighted by Crippen LogP contribution is -2.39. The molecule has 0 bridgehead atoms. The van der Waals surface area contributed by atoms with Crippen molar-refractivity contribution in [3.8, 4) is 5.95 Å². The molecule has 1 atom stereocenters. The molecular formula is C30H37F2N9O. The maximum Gasteiger partial charge on any atom is 0.296 e. The van der Waals surface area contributed by atoms with Crippen molar-refractivity contribution in [3.63, 3.8) is 0 Å². The van der Waals surface area contributed by atoms with Gasteiger partial charge < -0.3 is 25.2 Å². The molecule has 1 unspecified atom stereocenters. The molecule has 2 saturated heterocycles. The van der Waals surface area contributed by atoms with Gasteiger partial charge in [0.1, 0.15) is 0 Å². The van der Waals surface area contributed by atoms with Gasteiger partial charge in [0.25, 0.3) is 6.43 Å². The zero-order chi connectivity index (χ0) is 29.3. The van der Waals surface area contributed by atoms with Crippen molar-refractivity contribution in [2.75, 3.05) is 62.0 Å². The number of nitrogens with one attached hydrogen (secondary N) is 2. The normalized spacial score (nSPS) is 18.2. The van der Waals surface area contributed by atoms with Crippen molar-refractivity contribution in [1.82, 2.24) is 29.4 Å². The van der Waals surface area contributed by atoms with Crippen LogP contribution in [-0.4, -0.2) is 87.4 Å². The Bertz CT molecular complexity index is 1540. The summed E-state index contributed by atoms with van der Waals surface area (Å²) in [5.41, 5.74) is 2.77. The highest BCUT2D eigenvalue weighted by atomic mass is 19.3. The minimum Gasteiger partial charge on any atom is -0.381 e. The number of anilines is 3. The molecule has 0 radical (unpaired) electrons. The van der Waals surface area contributed by atoms with E-state index in [1.807, 2.05) is 17.0 Å². The SMILES string of the molecule is CN1CCC(Nc2ccccc2CC(C)(C)Nc2nc(N3CCOCC3)nc(-n3c(C(F)F)nc4ccccc43)n2)C1. The average molecular weight is 578 g/mol. The number of benzene rings is 2. The van der Waals surface area contributed by atoms with Crippen molar-refractivity contribution < 1.29 is 13.5 Å². The van der Waals surface area contributed by atoms with Gasteiger partial charge in [0.2, 0.25) is 17.8 Å². The highest BCUT2D eigenvalue weighted by Gasteiger charge is 2.27. The Kier molecular flexibility index (Phi) is 7.91. The highest BCUT2D eigenvalue weighted by molar-refractivity contribution is 5.77. The third-order valence-electron chi connectivity index (χ3n) is 7.74. The first-order valence-electron chi connectivity index (χ1n) is 14.4. The Balaban J connectivity index is 1.34. The maximum absolute atomic E-state index is 14.2. The van der Waals surface area contributed by atoms with Crippen molar-refractivity contribution >= 4 is 28.6 Å². The molecule has 0 amide bonds. The lowest BCUT2D eigenvalue weighted by Gasteiger charge is -2.30. The third kappa shape index (κ3) is 6.14. The summed E-state index contributed by atoms with van der Waals surface area (Å²) in [7, 11) is 2.14. The molecule has 2 fully saturated rings.